The maximum Gasteiger partial charge on any atom is 0.193 e. The molecule has 176 valence electrons. The van der Waals surface area contributed by atoms with Crippen molar-refractivity contribution >= 4 is 29.9 Å². The van der Waals surface area contributed by atoms with E-state index in [2.05, 4.69) is 58.2 Å². The third kappa shape index (κ3) is 8.86. The fourth-order valence-corrected chi connectivity index (χ4v) is 4.47. The van der Waals surface area contributed by atoms with Crippen LogP contribution in [0.3, 0.4) is 0 Å². The summed E-state index contributed by atoms with van der Waals surface area (Å²) in [5, 5.41) is 3.67. The number of nitrogens with zero attached hydrogens (tertiary/aromatic N) is 3. The average molecular weight is 545 g/mol. The Labute approximate surface area is 205 Å². The van der Waals surface area contributed by atoms with Gasteiger partial charge in [0.05, 0.1) is 26.4 Å². The standard InChI is InChI=1S/C24H40N4O2.HI/c1-20(2)15-23(27-11-13-29-14-12-27)16-26-24(25-3)28-10-9-22(17-28)19-30-18-21-7-5-4-6-8-21;/h4-8,20,22-23H,9-19H2,1-3H3,(H,25,26);1H. The molecule has 0 aromatic heterocycles. The largest absolute Gasteiger partial charge is 0.379 e. The van der Waals surface area contributed by atoms with E-state index in [4.69, 9.17) is 9.47 Å². The van der Waals surface area contributed by atoms with Gasteiger partial charge < -0.3 is 19.7 Å². The van der Waals surface area contributed by atoms with Crippen molar-refractivity contribution in [2.75, 3.05) is 59.6 Å². The summed E-state index contributed by atoms with van der Waals surface area (Å²) >= 11 is 0. The Morgan fingerprint density at radius 3 is 2.61 bits per heavy atom. The number of ether oxygens (including phenoxy) is 2. The summed E-state index contributed by atoms with van der Waals surface area (Å²) in [5.74, 6) is 2.28. The van der Waals surface area contributed by atoms with Gasteiger partial charge in [-0.1, -0.05) is 44.2 Å². The highest BCUT2D eigenvalue weighted by atomic mass is 127. The number of rotatable bonds is 9. The lowest BCUT2D eigenvalue weighted by Crippen LogP contribution is -2.51. The highest BCUT2D eigenvalue weighted by molar-refractivity contribution is 14.0. The number of likely N-dealkylation sites (tertiary alicyclic amines) is 1. The van der Waals surface area contributed by atoms with E-state index in [1.807, 2.05) is 13.1 Å². The number of aliphatic imine (C=N–C) groups is 1. The van der Waals surface area contributed by atoms with E-state index in [-0.39, 0.29) is 24.0 Å². The smallest absolute Gasteiger partial charge is 0.193 e. The van der Waals surface area contributed by atoms with Gasteiger partial charge in [0.15, 0.2) is 5.96 Å². The lowest BCUT2D eigenvalue weighted by molar-refractivity contribution is 0.0131. The first-order chi connectivity index (χ1) is 14.7. The normalized spacial score (nSPS) is 21.2. The number of benzene rings is 1. The van der Waals surface area contributed by atoms with Gasteiger partial charge in [-0.25, -0.2) is 0 Å². The Balaban J connectivity index is 0.00000341. The molecule has 6 nitrogen and oxygen atoms in total. The second-order valence-corrected chi connectivity index (χ2v) is 8.96. The van der Waals surface area contributed by atoms with Crippen molar-refractivity contribution in [3.05, 3.63) is 35.9 Å². The topological polar surface area (TPSA) is 49.3 Å². The zero-order valence-electron chi connectivity index (χ0n) is 19.5. The summed E-state index contributed by atoms with van der Waals surface area (Å²) in [6.45, 7) is 12.9. The third-order valence-corrected chi connectivity index (χ3v) is 6.06. The molecule has 2 aliphatic heterocycles. The monoisotopic (exact) mass is 544 g/mol. The molecule has 0 radical (unpaired) electrons. The summed E-state index contributed by atoms with van der Waals surface area (Å²) < 4.78 is 11.5. The Morgan fingerprint density at radius 1 is 1.19 bits per heavy atom. The second-order valence-electron chi connectivity index (χ2n) is 8.96. The van der Waals surface area contributed by atoms with E-state index >= 15 is 0 Å². The first kappa shape index (κ1) is 26.4. The lowest BCUT2D eigenvalue weighted by Gasteiger charge is -2.36. The summed E-state index contributed by atoms with van der Waals surface area (Å²) in [4.78, 5) is 9.54. The number of hydrogen-bond donors (Lipinski definition) is 1. The van der Waals surface area contributed by atoms with E-state index < -0.39 is 0 Å². The molecule has 0 amide bonds. The van der Waals surface area contributed by atoms with E-state index in [1.54, 1.807) is 0 Å². The molecule has 0 saturated carbocycles. The van der Waals surface area contributed by atoms with Crippen molar-refractivity contribution in [1.82, 2.24) is 15.1 Å². The molecule has 7 heteroatoms. The van der Waals surface area contributed by atoms with Gasteiger partial charge in [0, 0.05) is 51.7 Å². The van der Waals surface area contributed by atoms with Crippen LogP contribution in [0.1, 0.15) is 32.3 Å². The molecule has 1 N–H and O–H groups in total. The molecule has 1 aromatic carbocycles. The highest BCUT2D eigenvalue weighted by Gasteiger charge is 2.27. The number of halogens is 1. The number of morpholine rings is 1. The molecule has 31 heavy (non-hydrogen) atoms. The number of hydrogen-bond acceptors (Lipinski definition) is 4. The predicted molar refractivity (Wildman–Crippen MR) is 138 cm³/mol. The SMILES string of the molecule is CN=C(NCC(CC(C)C)N1CCOCC1)N1CCC(COCc2ccccc2)C1.I. The fraction of sp³-hybridized carbons (Fsp3) is 0.708. The highest BCUT2D eigenvalue weighted by Crippen LogP contribution is 2.18. The first-order valence-electron chi connectivity index (χ1n) is 11.5. The second kappa shape index (κ2) is 14.3. The van der Waals surface area contributed by atoms with Crippen molar-refractivity contribution in [3.63, 3.8) is 0 Å². The Bertz CT molecular complexity index is 638. The molecule has 1 aromatic rings. The van der Waals surface area contributed by atoms with Crippen molar-refractivity contribution in [3.8, 4) is 0 Å². The van der Waals surface area contributed by atoms with Gasteiger partial charge in [-0.15, -0.1) is 24.0 Å². The van der Waals surface area contributed by atoms with Crippen LogP contribution >= 0.6 is 24.0 Å². The van der Waals surface area contributed by atoms with Gasteiger partial charge >= 0.3 is 0 Å². The molecule has 2 saturated heterocycles. The maximum atomic E-state index is 5.98. The third-order valence-electron chi connectivity index (χ3n) is 6.06. The maximum absolute atomic E-state index is 5.98. The van der Waals surface area contributed by atoms with Crippen LogP contribution in [0.25, 0.3) is 0 Å². The van der Waals surface area contributed by atoms with Crippen molar-refractivity contribution in [2.24, 2.45) is 16.8 Å². The summed E-state index contributed by atoms with van der Waals surface area (Å²) in [5.41, 5.74) is 1.24. The average Bonchev–Trinajstić information content (AvgIpc) is 3.23. The molecular formula is C24H41IN4O2. The van der Waals surface area contributed by atoms with E-state index in [0.29, 0.717) is 24.5 Å². The van der Waals surface area contributed by atoms with Gasteiger partial charge in [0.2, 0.25) is 0 Å². The van der Waals surface area contributed by atoms with E-state index in [1.165, 1.54) is 12.0 Å². The Kier molecular flexibility index (Phi) is 12.1. The quantitative estimate of drug-likeness (QED) is 0.293. The Hall–Kier alpha value is -0.900. The minimum atomic E-state index is 0. The van der Waals surface area contributed by atoms with Crippen molar-refractivity contribution in [1.29, 1.82) is 0 Å². The van der Waals surface area contributed by atoms with Crippen LogP contribution in [-0.2, 0) is 16.1 Å². The van der Waals surface area contributed by atoms with Crippen molar-refractivity contribution in [2.45, 2.75) is 39.3 Å². The minimum absolute atomic E-state index is 0. The van der Waals surface area contributed by atoms with Crippen LogP contribution in [0, 0.1) is 11.8 Å². The van der Waals surface area contributed by atoms with Gasteiger partial charge in [-0.2, -0.15) is 0 Å². The lowest BCUT2D eigenvalue weighted by atomic mass is 10.0. The number of guanidine groups is 1. The zero-order valence-corrected chi connectivity index (χ0v) is 21.8. The molecule has 2 aliphatic rings. The van der Waals surface area contributed by atoms with E-state index in [0.717, 1.165) is 64.9 Å². The van der Waals surface area contributed by atoms with Crippen LogP contribution in [0.15, 0.2) is 35.3 Å². The van der Waals surface area contributed by atoms with Gasteiger partial charge in [-0.3, -0.25) is 9.89 Å². The molecule has 2 heterocycles. The number of nitrogens with one attached hydrogen (secondary N) is 1. The van der Waals surface area contributed by atoms with E-state index in [9.17, 15) is 0 Å². The predicted octanol–water partition coefficient (Wildman–Crippen LogP) is 3.47. The van der Waals surface area contributed by atoms with Gasteiger partial charge in [-0.05, 0) is 24.3 Å². The molecule has 2 atom stereocenters. The summed E-state index contributed by atoms with van der Waals surface area (Å²) in [7, 11) is 1.90. The van der Waals surface area contributed by atoms with Crippen LogP contribution in [0.5, 0.6) is 0 Å². The fourth-order valence-electron chi connectivity index (χ4n) is 4.47. The minimum Gasteiger partial charge on any atom is -0.379 e. The molecule has 2 unspecified atom stereocenters. The van der Waals surface area contributed by atoms with Crippen LogP contribution in [0.4, 0.5) is 0 Å². The zero-order chi connectivity index (χ0) is 21.2. The Morgan fingerprint density at radius 2 is 1.94 bits per heavy atom. The molecule has 0 bridgehead atoms. The summed E-state index contributed by atoms with van der Waals surface area (Å²) in [6, 6.07) is 10.9. The molecule has 0 aliphatic carbocycles. The first-order valence-corrected chi connectivity index (χ1v) is 11.5. The van der Waals surface area contributed by atoms with Crippen LogP contribution in [0.2, 0.25) is 0 Å². The van der Waals surface area contributed by atoms with Crippen molar-refractivity contribution < 1.29 is 9.47 Å². The van der Waals surface area contributed by atoms with Gasteiger partial charge in [0.1, 0.15) is 0 Å². The van der Waals surface area contributed by atoms with Crippen LogP contribution < -0.4 is 5.32 Å². The summed E-state index contributed by atoms with van der Waals surface area (Å²) in [6.07, 6.45) is 2.36. The molecule has 2 fully saturated rings. The molecular weight excluding hydrogens is 503 g/mol. The van der Waals surface area contributed by atoms with Crippen LogP contribution in [-0.4, -0.2) is 81.4 Å². The van der Waals surface area contributed by atoms with Gasteiger partial charge in [0.25, 0.3) is 0 Å². The molecule has 0 spiro atoms. The molecule has 3 rings (SSSR count).